The van der Waals surface area contributed by atoms with Crippen molar-refractivity contribution in [3.63, 3.8) is 0 Å². The molecule has 0 atom stereocenters. The van der Waals surface area contributed by atoms with E-state index in [9.17, 15) is 9.59 Å². The fraction of sp³-hybridized carbons (Fsp3) is 0.375. The molecule has 1 aromatic carbocycles. The molecule has 0 aliphatic rings. The van der Waals surface area contributed by atoms with Gasteiger partial charge in [-0.25, -0.2) is 4.79 Å². The predicted molar refractivity (Wildman–Crippen MR) is 97.3 cm³/mol. The van der Waals surface area contributed by atoms with Crippen molar-refractivity contribution in [1.82, 2.24) is 0 Å². The molecule has 136 valence electrons. The summed E-state index contributed by atoms with van der Waals surface area (Å²) in [6.45, 7) is 7.72. The second-order valence-corrected chi connectivity index (χ2v) is 5.51. The Morgan fingerprint density at radius 1 is 1.17 bits per heavy atom. The lowest BCUT2D eigenvalue weighted by atomic mass is 10.3. The molecule has 1 rings (SSSR count). The van der Waals surface area contributed by atoms with Gasteiger partial charge in [-0.15, -0.1) is 0 Å². The highest BCUT2D eigenvalue weighted by Gasteiger charge is 1.98. The Morgan fingerprint density at radius 3 is 1.92 bits per heavy atom. The summed E-state index contributed by atoms with van der Waals surface area (Å²) in [7, 11) is 0. The van der Waals surface area contributed by atoms with Crippen molar-refractivity contribution in [2.75, 3.05) is 13.2 Å². The summed E-state index contributed by atoms with van der Waals surface area (Å²) in [5.41, 5.74) is 0.176. The van der Waals surface area contributed by atoms with E-state index in [4.69, 9.17) is 49.8 Å². The fourth-order valence-electron chi connectivity index (χ4n) is 0.947. The van der Waals surface area contributed by atoms with E-state index in [-0.39, 0.29) is 12.0 Å². The second-order valence-electron chi connectivity index (χ2n) is 4.32. The molecule has 2 N–H and O–H groups in total. The highest BCUT2D eigenvalue weighted by molar-refractivity contribution is 6.47. The fourth-order valence-corrected chi connectivity index (χ4v) is 1.47. The van der Waals surface area contributed by atoms with Crippen molar-refractivity contribution >= 4 is 46.7 Å². The van der Waals surface area contributed by atoms with Gasteiger partial charge in [-0.1, -0.05) is 47.4 Å². The van der Waals surface area contributed by atoms with Crippen molar-refractivity contribution in [3.8, 4) is 0 Å². The molecule has 0 radical (unpaired) electrons. The third-order valence-electron chi connectivity index (χ3n) is 2.15. The Hall–Kier alpha value is -1.27. The first-order valence-corrected chi connectivity index (χ1v) is 8.04. The number of carbonyl (C=O) groups is 2. The lowest BCUT2D eigenvalue weighted by Gasteiger charge is -1.96. The number of carboxylic acid groups (broad SMARTS) is 2. The van der Waals surface area contributed by atoms with E-state index in [2.05, 4.69) is 6.58 Å². The molecule has 1 aromatic rings. The number of benzene rings is 1. The summed E-state index contributed by atoms with van der Waals surface area (Å²) in [5.74, 6) is -1.69. The lowest BCUT2D eigenvalue weighted by molar-refractivity contribution is -0.137. The van der Waals surface area contributed by atoms with Gasteiger partial charge in [0.15, 0.2) is 0 Å². The van der Waals surface area contributed by atoms with E-state index in [1.807, 2.05) is 6.92 Å². The molecule has 0 spiro atoms. The van der Waals surface area contributed by atoms with Crippen LogP contribution in [0.25, 0.3) is 0 Å². The molecule has 8 heteroatoms. The van der Waals surface area contributed by atoms with Gasteiger partial charge in [0.1, 0.15) is 0 Å². The molecule has 0 heterocycles. The topological polar surface area (TPSA) is 83.8 Å². The molecule has 0 unspecified atom stereocenters. The SMILES string of the molecule is C=C(C)C(=O)O.CCOCCCC(=O)O.Clc1cccc(Cl)c1Cl. The van der Waals surface area contributed by atoms with Gasteiger partial charge < -0.3 is 14.9 Å². The van der Waals surface area contributed by atoms with Gasteiger partial charge in [0.2, 0.25) is 0 Å². The van der Waals surface area contributed by atoms with Crippen LogP contribution in [0.4, 0.5) is 0 Å². The van der Waals surface area contributed by atoms with E-state index in [0.29, 0.717) is 34.7 Å². The van der Waals surface area contributed by atoms with Crippen molar-refractivity contribution < 1.29 is 24.5 Å². The van der Waals surface area contributed by atoms with Crippen LogP contribution in [0.15, 0.2) is 30.4 Å². The summed E-state index contributed by atoms with van der Waals surface area (Å²) in [6, 6.07) is 5.13. The Kier molecular flexibility index (Phi) is 15.9. The second kappa shape index (κ2) is 15.3. The molecule has 24 heavy (non-hydrogen) atoms. The quantitative estimate of drug-likeness (QED) is 0.391. The smallest absolute Gasteiger partial charge is 0.330 e. The minimum Gasteiger partial charge on any atom is -0.481 e. The van der Waals surface area contributed by atoms with Crippen LogP contribution < -0.4 is 0 Å². The zero-order valence-corrected chi connectivity index (χ0v) is 15.8. The molecular formula is C16H21Cl3O5. The van der Waals surface area contributed by atoms with Crippen LogP contribution in [0.5, 0.6) is 0 Å². The van der Waals surface area contributed by atoms with E-state index < -0.39 is 11.9 Å². The van der Waals surface area contributed by atoms with Crippen molar-refractivity contribution in [1.29, 1.82) is 0 Å². The number of carboxylic acids is 2. The van der Waals surface area contributed by atoms with Crippen LogP contribution >= 0.6 is 34.8 Å². The summed E-state index contributed by atoms with van der Waals surface area (Å²) >= 11 is 16.8. The Balaban J connectivity index is 0. The molecule has 0 aliphatic carbocycles. The van der Waals surface area contributed by atoms with E-state index in [0.717, 1.165) is 0 Å². The van der Waals surface area contributed by atoms with Crippen molar-refractivity contribution in [2.24, 2.45) is 0 Å². The molecule has 5 nitrogen and oxygen atoms in total. The molecule has 0 saturated carbocycles. The summed E-state index contributed by atoms with van der Waals surface area (Å²) < 4.78 is 4.92. The van der Waals surface area contributed by atoms with E-state index in [1.54, 1.807) is 18.2 Å². The summed E-state index contributed by atoms with van der Waals surface area (Å²) in [4.78, 5) is 19.5. The summed E-state index contributed by atoms with van der Waals surface area (Å²) in [5, 5.41) is 17.4. The lowest BCUT2D eigenvalue weighted by Crippen LogP contribution is -1.99. The van der Waals surface area contributed by atoms with Crippen LogP contribution in [0.1, 0.15) is 26.7 Å². The third-order valence-corrected chi connectivity index (χ3v) is 3.38. The molecule has 0 amide bonds. The van der Waals surface area contributed by atoms with Crippen LogP contribution in [-0.4, -0.2) is 35.4 Å². The van der Waals surface area contributed by atoms with Crippen LogP contribution in [-0.2, 0) is 14.3 Å². The molecular weight excluding hydrogens is 379 g/mol. The van der Waals surface area contributed by atoms with Crippen LogP contribution in [0, 0.1) is 0 Å². The first-order valence-electron chi connectivity index (χ1n) is 6.91. The van der Waals surface area contributed by atoms with Gasteiger partial charge >= 0.3 is 11.9 Å². The maximum atomic E-state index is 9.91. The minimum atomic E-state index is -0.935. The highest BCUT2D eigenvalue weighted by Crippen LogP contribution is 2.28. The number of halogens is 3. The number of aliphatic carboxylic acids is 2. The maximum absolute atomic E-state index is 9.91. The van der Waals surface area contributed by atoms with Crippen molar-refractivity contribution in [3.05, 3.63) is 45.4 Å². The average Bonchev–Trinajstić information content (AvgIpc) is 2.50. The molecule has 0 aliphatic heterocycles. The van der Waals surface area contributed by atoms with Gasteiger partial charge in [-0.05, 0) is 32.4 Å². The average molecular weight is 400 g/mol. The van der Waals surface area contributed by atoms with Crippen LogP contribution in [0.2, 0.25) is 15.1 Å². The van der Waals surface area contributed by atoms with Gasteiger partial charge in [0.25, 0.3) is 0 Å². The minimum absolute atomic E-state index is 0.176. The Bertz CT molecular complexity index is 500. The van der Waals surface area contributed by atoms with Gasteiger partial charge in [-0.2, -0.15) is 0 Å². The monoisotopic (exact) mass is 398 g/mol. The van der Waals surface area contributed by atoms with Gasteiger partial charge in [0, 0.05) is 25.2 Å². The zero-order chi connectivity index (χ0) is 19.1. The van der Waals surface area contributed by atoms with Gasteiger partial charge in [0.05, 0.1) is 15.1 Å². The van der Waals surface area contributed by atoms with Crippen LogP contribution in [0.3, 0.4) is 0 Å². The standard InChI is InChI=1S/C6H3Cl3.C6H12O3.C4H6O2/c7-4-2-1-3-5(8)6(4)9;1-2-9-5-3-4-6(7)8;1-3(2)4(5)6/h1-3H;2-5H2,1H3,(H,7,8);1H2,2H3,(H,5,6). The zero-order valence-electron chi connectivity index (χ0n) is 13.5. The third kappa shape index (κ3) is 15.6. The largest absolute Gasteiger partial charge is 0.481 e. The Labute approximate surface area is 156 Å². The molecule has 0 bridgehead atoms. The van der Waals surface area contributed by atoms with E-state index >= 15 is 0 Å². The number of hydrogen-bond donors (Lipinski definition) is 2. The first kappa shape index (κ1) is 25.0. The number of ether oxygens (including phenoxy) is 1. The number of hydrogen-bond acceptors (Lipinski definition) is 3. The highest BCUT2D eigenvalue weighted by atomic mass is 35.5. The Morgan fingerprint density at radius 2 is 1.62 bits per heavy atom. The molecule has 0 fully saturated rings. The maximum Gasteiger partial charge on any atom is 0.330 e. The predicted octanol–water partition coefficient (Wildman–Crippen LogP) is 5.18. The first-order chi connectivity index (χ1) is 11.1. The normalized spacial score (nSPS) is 9.04. The number of rotatable bonds is 6. The van der Waals surface area contributed by atoms with Gasteiger partial charge in [-0.3, -0.25) is 4.79 Å². The van der Waals surface area contributed by atoms with E-state index in [1.165, 1.54) is 6.92 Å². The van der Waals surface area contributed by atoms with Crippen molar-refractivity contribution in [2.45, 2.75) is 26.7 Å². The summed E-state index contributed by atoms with van der Waals surface area (Å²) in [6.07, 6.45) is 0.823. The molecule has 0 saturated heterocycles. The molecule has 0 aromatic heterocycles.